The van der Waals surface area contributed by atoms with E-state index in [-0.39, 0.29) is 5.91 Å². The van der Waals surface area contributed by atoms with Crippen LogP contribution in [0.1, 0.15) is 45.4 Å². The minimum Gasteiger partial charge on any atom is -0.387 e. The van der Waals surface area contributed by atoms with Crippen molar-refractivity contribution in [3.8, 4) is 0 Å². The maximum Gasteiger partial charge on any atom is 0.253 e. The molecule has 0 radical (unpaired) electrons. The van der Waals surface area contributed by atoms with E-state index in [1.807, 2.05) is 19.1 Å². The summed E-state index contributed by atoms with van der Waals surface area (Å²) in [5.74, 6) is 0.431. The number of carbonyl (C=O) groups excluding carboxylic acids is 1. The van der Waals surface area contributed by atoms with Gasteiger partial charge in [-0.1, -0.05) is 47.7 Å². The van der Waals surface area contributed by atoms with E-state index >= 15 is 0 Å². The quantitative estimate of drug-likeness (QED) is 0.398. The summed E-state index contributed by atoms with van der Waals surface area (Å²) in [6.07, 6.45) is 13.1. The average molecular weight is 466 g/mol. The van der Waals surface area contributed by atoms with Gasteiger partial charge in [0.2, 0.25) is 0 Å². The van der Waals surface area contributed by atoms with Crippen molar-refractivity contribution >= 4 is 27.5 Å². The third-order valence-corrected chi connectivity index (χ3v) is 6.42. The van der Waals surface area contributed by atoms with Gasteiger partial charge in [-0.15, -0.1) is 0 Å². The second kappa shape index (κ2) is 10.5. The molecule has 7 heteroatoms. The highest BCUT2D eigenvalue weighted by molar-refractivity contribution is 9.12. The Balaban J connectivity index is 1.74. The molecule has 0 unspecified atom stereocenters. The van der Waals surface area contributed by atoms with Crippen molar-refractivity contribution in [1.82, 2.24) is 10.6 Å². The van der Waals surface area contributed by atoms with Crippen LogP contribution in [-0.4, -0.2) is 55.2 Å². The smallest absolute Gasteiger partial charge is 0.253 e. The number of amides is 1. The third-order valence-electron chi connectivity index (χ3n) is 5.76. The molecule has 3 aliphatic rings. The van der Waals surface area contributed by atoms with Crippen LogP contribution in [0.15, 0.2) is 39.0 Å². The Morgan fingerprint density at radius 2 is 2.07 bits per heavy atom. The molecule has 160 valence electrons. The Morgan fingerprint density at radius 3 is 2.72 bits per heavy atom. The number of allylic oxidation sites excluding steroid dienone is 2. The average Bonchev–Trinajstić information content (AvgIpc) is 3.03. The normalized spacial score (nSPS) is 23.0. The molecule has 3 N–H and O–H groups in total. The molecule has 0 bridgehead atoms. The van der Waals surface area contributed by atoms with Gasteiger partial charge in [-0.25, -0.2) is 0 Å². The van der Waals surface area contributed by atoms with Crippen LogP contribution in [0, 0.1) is 5.92 Å². The first-order valence-corrected chi connectivity index (χ1v) is 11.4. The van der Waals surface area contributed by atoms with Crippen molar-refractivity contribution in [2.24, 2.45) is 10.9 Å². The lowest BCUT2D eigenvalue weighted by Crippen LogP contribution is -2.55. The molecule has 1 saturated heterocycles. The predicted molar refractivity (Wildman–Crippen MR) is 119 cm³/mol. The Bertz CT molecular complexity index is 715. The topological polar surface area (TPSA) is 83.0 Å². The zero-order chi connectivity index (χ0) is 20.7. The Morgan fingerprint density at radius 1 is 1.34 bits per heavy atom. The highest BCUT2D eigenvalue weighted by Gasteiger charge is 2.35. The molecule has 6 nitrogen and oxygen atoms in total. The van der Waals surface area contributed by atoms with Gasteiger partial charge in [0, 0.05) is 35.1 Å². The number of aliphatic hydroxyl groups is 1. The monoisotopic (exact) mass is 465 g/mol. The zero-order valence-electron chi connectivity index (χ0n) is 17.2. The zero-order valence-corrected chi connectivity index (χ0v) is 18.8. The number of hydrogen-bond donors (Lipinski definition) is 3. The molecule has 0 atom stereocenters. The second-order valence-electron chi connectivity index (χ2n) is 8.28. The van der Waals surface area contributed by atoms with Crippen molar-refractivity contribution < 1.29 is 14.6 Å². The number of nitrogens with one attached hydrogen (secondary N) is 2. The second-order valence-corrected chi connectivity index (χ2v) is 9.13. The molecule has 2 aliphatic heterocycles. The van der Waals surface area contributed by atoms with Crippen LogP contribution < -0.4 is 10.6 Å². The summed E-state index contributed by atoms with van der Waals surface area (Å²) in [5, 5.41) is 16.5. The number of nitrogens with zero attached hydrogens (tertiary/aromatic N) is 1. The molecular weight excluding hydrogens is 434 g/mol. The van der Waals surface area contributed by atoms with Gasteiger partial charge in [-0.05, 0) is 31.8 Å². The van der Waals surface area contributed by atoms with Crippen molar-refractivity contribution in [3.05, 3.63) is 34.0 Å². The maximum absolute atomic E-state index is 13.2. The molecule has 2 fully saturated rings. The molecular formula is C22H32BrN3O3. The summed E-state index contributed by atoms with van der Waals surface area (Å²) in [6, 6.07) is 0. The largest absolute Gasteiger partial charge is 0.387 e. The molecule has 0 aromatic carbocycles. The standard InChI is InChI=1S/C22H32BrN3O3/c1-16-20(19(23)9-6-10-25-16)18(12-24-13-22(28)14-29-15-22)21(27)26-11-17-7-4-2-3-5-8-17/h6,9,12,17,24,28H,2-5,7-8,10-11,13-15H2,1H3,(H,26,27)/b18-12+. The molecule has 2 heterocycles. The lowest BCUT2D eigenvalue weighted by atomic mass is 9.98. The van der Waals surface area contributed by atoms with Gasteiger partial charge < -0.3 is 20.5 Å². The Kier molecular flexibility index (Phi) is 8.09. The summed E-state index contributed by atoms with van der Waals surface area (Å²) in [5.41, 5.74) is 1.25. The molecule has 0 aromatic heterocycles. The van der Waals surface area contributed by atoms with Crippen molar-refractivity contribution in [1.29, 1.82) is 0 Å². The van der Waals surface area contributed by atoms with Gasteiger partial charge >= 0.3 is 0 Å². The molecule has 1 aliphatic carbocycles. The number of hydrogen-bond acceptors (Lipinski definition) is 5. The summed E-state index contributed by atoms with van der Waals surface area (Å²) in [7, 11) is 0. The lowest BCUT2D eigenvalue weighted by Gasteiger charge is -2.36. The van der Waals surface area contributed by atoms with Gasteiger partial charge in [-0.3, -0.25) is 9.79 Å². The molecule has 3 rings (SSSR count). The van der Waals surface area contributed by atoms with E-state index in [9.17, 15) is 9.90 Å². The minimum absolute atomic E-state index is 0.115. The van der Waals surface area contributed by atoms with E-state index in [0.29, 0.717) is 44.3 Å². The van der Waals surface area contributed by atoms with E-state index in [1.54, 1.807) is 6.20 Å². The first-order chi connectivity index (χ1) is 14.0. The Labute approximate surface area is 181 Å². The number of aliphatic imine (C=N–C) groups is 1. The third kappa shape index (κ3) is 6.27. The molecule has 1 amide bonds. The molecule has 0 aromatic rings. The first-order valence-electron chi connectivity index (χ1n) is 10.6. The fourth-order valence-corrected chi connectivity index (χ4v) is 4.63. The van der Waals surface area contributed by atoms with E-state index in [0.717, 1.165) is 15.8 Å². The van der Waals surface area contributed by atoms with Crippen LogP contribution in [0.4, 0.5) is 0 Å². The van der Waals surface area contributed by atoms with Crippen LogP contribution in [0.3, 0.4) is 0 Å². The summed E-state index contributed by atoms with van der Waals surface area (Å²) >= 11 is 3.60. The van der Waals surface area contributed by atoms with Crippen LogP contribution in [0.5, 0.6) is 0 Å². The predicted octanol–water partition coefficient (Wildman–Crippen LogP) is 2.99. The van der Waals surface area contributed by atoms with E-state index in [2.05, 4.69) is 31.6 Å². The Hall–Kier alpha value is -1.44. The van der Waals surface area contributed by atoms with Crippen molar-refractivity contribution in [3.63, 3.8) is 0 Å². The van der Waals surface area contributed by atoms with E-state index in [1.165, 1.54) is 38.5 Å². The van der Waals surface area contributed by atoms with Gasteiger partial charge in [0.1, 0.15) is 5.60 Å². The summed E-state index contributed by atoms with van der Waals surface area (Å²) in [4.78, 5) is 17.7. The highest BCUT2D eigenvalue weighted by atomic mass is 79.9. The highest BCUT2D eigenvalue weighted by Crippen LogP contribution is 2.26. The van der Waals surface area contributed by atoms with Crippen molar-refractivity contribution in [2.45, 2.75) is 51.0 Å². The van der Waals surface area contributed by atoms with Crippen LogP contribution in [0.2, 0.25) is 0 Å². The van der Waals surface area contributed by atoms with Crippen molar-refractivity contribution in [2.75, 3.05) is 32.8 Å². The first kappa shape index (κ1) is 22.2. The molecule has 1 saturated carbocycles. The van der Waals surface area contributed by atoms with Gasteiger partial charge in [0.15, 0.2) is 0 Å². The van der Waals surface area contributed by atoms with Crippen LogP contribution >= 0.6 is 15.9 Å². The van der Waals surface area contributed by atoms with Gasteiger partial charge in [0.05, 0.1) is 25.3 Å². The summed E-state index contributed by atoms with van der Waals surface area (Å²) in [6.45, 7) is 4.17. The summed E-state index contributed by atoms with van der Waals surface area (Å²) < 4.78 is 5.92. The number of rotatable bonds is 7. The van der Waals surface area contributed by atoms with Crippen LogP contribution in [-0.2, 0) is 9.53 Å². The van der Waals surface area contributed by atoms with E-state index < -0.39 is 5.60 Å². The maximum atomic E-state index is 13.2. The number of halogens is 1. The lowest BCUT2D eigenvalue weighted by molar-refractivity contribution is -0.173. The SMILES string of the molecule is CC1=NCC=CC(Br)=C1/C(=C\NCC1(O)COC1)C(=O)NCC1CCCCCC1. The van der Waals surface area contributed by atoms with E-state index in [4.69, 9.17) is 4.74 Å². The number of ether oxygens (including phenoxy) is 1. The molecule has 29 heavy (non-hydrogen) atoms. The van der Waals surface area contributed by atoms with Gasteiger partial charge in [0.25, 0.3) is 5.91 Å². The molecule has 0 spiro atoms. The van der Waals surface area contributed by atoms with Gasteiger partial charge in [-0.2, -0.15) is 0 Å². The fourth-order valence-electron chi connectivity index (χ4n) is 3.94. The fraction of sp³-hybridized carbons (Fsp3) is 0.636. The van der Waals surface area contributed by atoms with Crippen LogP contribution in [0.25, 0.3) is 0 Å². The number of carbonyl (C=O) groups is 1. The minimum atomic E-state index is -0.865.